The van der Waals surface area contributed by atoms with Gasteiger partial charge in [0, 0.05) is 12.5 Å². The zero-order valence-corrected chi connectivity index (χ0v) is 12.2. The van der Waals surface area contributed by atoms with E-state index >= 15 is 0 Å². The summed E-state index contributed by atoms with van der Waals surface area (Å²) in [5.74, 6) is 0.689. The molecule has 1 saturated heterocycles. The lowest BCUT2D eigenvalue weighted by Crippen LogP contribution is -2.30. The molecule has 1 amide bonds. The molecule has 0 saturated carbocycles. The van der Waals surface area contributed by atoms with Crippen LogP contribution in [0.2, 0.25) is 0 Å². The molecule has 0 spiro atoms. The van der Waals surface area contributed by atoms with Gasteiger partial charge in [-0.3, -0.25) is 0 Å². The van der Waals surface area contributed by atoms with E-state index in [9.17, 15) is 9.90 Å². The van der Waals surface area contributed by atoms with Gasteiger partial charge in [-0.25, -0.2) is 4.79 Å². The third-order valence-electron chi connectivity index (χ3n) is 3.64. The molecule has 2 rings (SSSR count). The Kier molecular flexibility index (Phi) is 5.01. The lowest BCUT2D eigenvalue weighted by molar-refractivity contribution is 0.0965. The number of likely N-dealkylation sites (tertiary alicyclic amines) is 1. The summed E-state index contributed by atoms with van der Waals surface area (Å²) in [6, 6.07) is 9.61. The van der Waals surface area contributed by atoms with Gasteiger partial charge in [0.1, 0.15) is 6.61 Å². The van der Waals surface area contributed by atoms with E-state index in [0.717, 1.165) is 12.0 Å². The maximum absolute atomic E-state index is 12.0. The van der Waals surface area contributed by atoms with Crippen molar-refractivity contribution in [2.45, 2.75) is 33.0 Å². The molecular weight excluding hydrogens is 254 g/mol. The minimum atomic E-state index is -0.429. The molecule has 0 bridgehead atoms. The Morgan fingerprint density at radius 2 is 2.05 bits per heavy atom. The second kappa shape index (κ2) is 6.75. The minimum Gasteiger partial charge on any atom is -0.445 e. The number of rotatable bonds is 4. The predicted octanol–water partition coefficient (Wildman–Crippen LogP) is 2.66. The molecule has 0 aromatic heterocycles. The van der Waals surface area contributed by atoms with Crippen molar-refractivity contribution in [2.24, 2.45) is 11.8 Å². The van der Waals surface area contributed by atoms with Crippen LogP contribution in [-0.2, 0) is 11.3 Å². The van der Waals surface area contributed by atoms with Crippen LogP contribution in [-0.4, -0.2) is 35.3 Å². The van der Waals surface area contributed by atoms with E-state index in [1.54, 1.807) is 4.90 Å². The number of hydrogen-bond donors (Lipinski definition) is 1. The van der Waals surface area contributed by atoms with Crippen molar-refractivity contribution in [3.63, 3.8) is 0 Å². The Hall–Kier alpha value is -1.55. The largest absolute Gasteiger partial charge is 0.445 e. The number of nitrogens with zero attached hydrogens (tertiary/aromatic N) is 1. The standard InChI is InChI=1S/C16H23NO3/c1-12(2)8-14-9-17(10-15(14)18)16(19)20-11-13-6-4-3-5-7-13/h3-7,12,14-15,18H,8-11H2,1-2H3/t14-,15-/m0/s1. The summed E-state index contributed by atoms with van der Waals surface area (Å²) in [4.78, 5) is 13.6. The zero-order valence-electron chi connectivity index (χ0n) is 12.2. The van der Waals surface area contributed by atoms with Crippen molar-refractivity contribution >= 4 is 6.09 Å². The summed E-state index contributed by atoms with van der Waals surface area (Å²) in [5, 5.41) is 9.99. The average Bonchev–Trinajstić information content (AvgIpc) is 2.78. The third kappa shape index (κ3) is 3.97. The molecule has 20 heavy (non-hydrogen) atoms. The van der Waals surface area contributed by atoms with Gasteiger partial charge >= 0.3 is 6.09 Å². The molecular formula is C16H23NO3. The molecule has 1 aliphatic heterocycles. The third-order valence-corrected chi connectivity index (χ3v) is 3.64. The van der Waals surface area contributed by atoms with E-state index in [0.29, 0.717) is 19.0 Å². The number of aliphatic hydroxyl groups excluding tert-OH is 1. The average molecular weight is 277 g/mol. The quantitative estimate of drug-likeness (QED) is 0.920. The molecule has 0 radical (unpaired) electrons. The Bertz CT molecular complexity index is 433. The molecule has 110 valence electrons. The summed E-state index contributed by atoms with van der Waals surface area (Å²) < 4.78 is 5.29. The van der Waals surface area contributed by atoms with Crippen molar-refractivity contribution in [3.8, 4) is 0 Å². The van der Waals surface area contributed by atoms with Crippen LogP contribution in [0.4, 0.5) is 4.79 Å². The Morgan fingerprint density at radius 1 is 1.35 bits per heavy atom. The zero-order chi connectivity index (χ0) is 14.5. The van der Waals surface area contributed by atoms with Crippen molar-refractivity contribution < 1.29 is 14.6 Å². The summed E-state index contributed by atoms with van der Waals surface area (Å²) in [6.07, 6.45) is 0.171. The summed E-state index contributed by atoms with van der Waals surface area (Å²) >= 11 is 0. The van der Waals surface area contributed by atoms with Gasteiger partial charge in [-0.15, -0.1) is 0 Å². The van der Waals surface area contributed by atoms with Gasteiger partial charge < -0.3 is 14.7 Å². The van der Waals surface area contributed by atoms with E-state index < -0.39 is 6.10 Å². The molecule has 1 N–H and O–H groups in total. The van der Waals surface area contributed by atoms with E-state index in [4.69, 9.17) is 4.74 Å². The molecule has 2 atom stereocenters. The Morgan fingerprint density at radius 3 is 2.70 bits per heavy atom. The minimum absolute atomic E-state index is 0.166. The van der Waals surface area contributed by atoms with E-state index in [-0.39, 0.29) is 18.6 Å². The number of β-amino-alcohol motifs (C(OH)–C–C–N with tert-alkyl or cyclic N) is 1. The Labute approximate surface area is 120 Å². The van der Waals surface area contributed by atoms with Gasteiger partial charge in [-0.05, 0) is 17.9 Å². The lowest BCUT2D eigenvalue weighted by atomic mass is 9.95. The summed E-state index contributed by atoms with van der Waals surface area (Å²) in [5.41, 5.74) is 0.972. The highest BCUT2D eigenvalue weighted by molar-refractivity contribution is 5.68. The smallest absolute Gasteiger partial charge is 0.410 e. The van der Waals surface area contributed by atoms with Crippen LogP contribution >= 0.6 is 0 Å². The second-order valence-electron chi connectivity index (χ2n) is 5.90. The van der Waals surface area contributed by atoms with Gasteiger partial charge in [0.2, 0.25) is 0 Å². The van der Waals surface area contributed by atoms with E-state index in [2.05, 4.69) is 13.8 Å². The van der Waals surface area contributed by atoms with Crippen LogP contribution in [0.25, 0.3) is 0 Å². The fourth-order valence-electron chi connectivity index (χ4n) is 2.65. The molecule has 4 heteroatoms. The first kappa shape index (κ1) is 14.9. The molecule has 1 aliphatic rings. The van der Waals surface area contributed by atoms with E-state index in [1.165, 1.54) is 0 Å². The molecule has 0 unspecified atom stereocenters. The number of benzene rings is 1. The van der Waals surface area contributed by atoms with Crippen LogP contribution in [0.5, 0.6) is 0 Å². The highest BCUT2D eigenvalue weighted by Gasteiger charge is 2.34. The second-order valence-corrected chi connectivity index (χ2v) is 5.90. The maximum Gasteiger partial charge on any atom is 0.410 e. The van der Waals surface area contributed by atoms with Gasteiger partial charge in [0.05, 0.1) is 12.6 Å². The highest BCUT2D eigenvalue weighted by Crippen LogP contribution is 2.24. The molecule has 0 aliphatic carbocycles. The molecule has 1 heterocycles. The maximum atomic E-state index is 12.0. The number of hydrogen-bond acceptors (Lipinski definition) is 3. The normalized spacial score (nSPS) is 22.3. The van der Waals surface area contributed by atoms with Crippen LogP contribution in [0.3, 0.4) is 0 Å². The van der Waals surface area contributed by atoms with Crippen LogP contribution < -0.4 is 0 Å². The number of carbonyl (C=O) groups is 1. The first-order valence-corrected chi connectivity index (χ1v) is 7.20. The van der Waals surface area contributed by atoms with Crippen molar-refractivity contribution in [1.82, 2.24) is 4.90 Å². The van der Waals surface area contributed by atoms with E-state index in [1.807, 2.05) is 30.3 Å². The number of carbonyl (C=O) groups excluding carboxylic acids is 1. The predicted molar refractivity (Wildman–Crippen MR) is 77.2 cm³/mol. The highest BCUT2D eigenvalue weighted by atomic mass is 16.6. The SMILES string of the molecule is CC(C)C[C@H]1CN(C(=O)OCc2ccccc2)C[C@@H]1O. The fourth-order valence-corrected chi connectivity index (χ4v) is 2.65. The van der Waals surface area contributed by atoms with Gasteiger partial charge in [0.25, 0.3) is 0 Å². The van der Waals surface area contributed by atoms with Crippen LogP contribution in [0, 0.1) is 11.8 Å². The number of aliphatic hydroxyl groups is 1. The molecule has 4 nitrogen and oxygen atoms in total. The first-order chi connectivity index (χ1) is 9.56. The van der Waals surface area contributed by atoms with Gasteiger partial charge in [0.15, 0.2) is 0 Å². The summed E-state index contributed by atoms with van der Waals surface area (Å²) in [7, 11) is 0. The molecule has 1 aromatic carbocycles. The van der Waals surface area contributed by atoms with Crippen molar-refractivity contribution in [1.29, 1.82) is 0 Å². The first-order valence-electron chi connectivity index (χ1n) is 7.20. The Balaban J connectivity index is 1.82. The van der Waals surface area contributed by atoms with Crippen LogP contribution in [0.1, 0.15) is 25.8 Å². The number of ether oxygens (including phenoxy) is 1. The van der Waals surface area contributed by atoms with Crippen LogP contribution in [0.15, 0.2) is 30.3 Å². The molecule has 1 aromatic rings. The monoisotopic (exact) mass is 277 g/mol. The van der Waals surface area contributed by atoms with Crippen molar-refractivity contribution in [2.75, 3.05) is 13.1 Å². The number of amides is 1. The lowest BCUT2D eigenvalue weighted by Gasteiger charge is -2.17. The summed E-state index contributed by atoms with van der Waals surface area (Å²) in [6.45, 7) is 5.51. The van der Waals surface area contributed by atoms with Gasteiger partial charge in [-0.1, -0.05) is 44.2 Å². The van der Waals surface area contributed by atoms with Crippen molar-refractivity contribution in [3.05, 3.63) is 35.9 Å². The fraction of sp³-hybridized carbons (Fsp3) is 0.562. The van der Waals surface area contributed by atoms with Gasteiger partial charge in [-0.2, -0.15) is 0 Å². The molecule has 1 fully saturated rings. The topological polar surface area (TPSA) is 49.8 Å².